The van der Waals surface area contributed by atoms with Crippen LogP contribution in [-0.4, -0.2) is 67.2 Å². The predicted octanol–water partition coefficient (Wildman–Crippen LogP) is 3.93. The number of aliphatic hydroxyl groups excluding tert-OH is 1. The number of nitrogens with one attached hydrogen (secondary N) is 1. The number of aliphatic hydroxyl groups is 1. The fraction of sp³-hybridized carbons (Fsp3) is 0.393. The molecule has 2 fully saturated rings. The number of fused-ring (bicyclic) bond motifs is 1. The molecule has 2 atom stereocenters. The van der Waals surface area contributed by atoms with Crippen molar-refractivity contribution in [2.75, 3.05) is 48.4 Å². The number of hydrogen-bond donors (Lipinski definition) is 2. The lowest BCUT2D eigenvalue weighted by atomic mass is 9.82. The van der Waals surface area contributed by atoms with Crippen molar-refractivity contribution in [2.24, 2.45) is 5.92 Å². The molecule has 5 rings (SSSR count). The van der Waals surface area contributed by atoms with Crippen LogP contribution in [0.1, 0.15) is 25.7 Å². The second-order valence-corrected chi connectivity index (χ2v) is 9.70. The molecule has 37 heavy (non-hydrogen) atoms. The second-order valence-electron chi connectivity index (χ2n) is 9.70. The molecule has 3 aliphatic heterocycles. The first kappa shape index (κ1) is 24.7. The van der Waals surface area contributed by atoms with Gasteiger partial charge in [-0.05, 0) is 62.1 Å². The number of rotatable bonds is 4. The Kier molecular flexibility index (Phi) is 7.03. The van der Waals surface area contributed by atoms with Crippen LogP contribution in [0.25, 0.3) is 0 Å². The third kappa shape index (κ3) is 4.85. The molecular weight excluding hydrogens is 472 g/mol. The zero-order valence-corrected chi connectivity index (χ0v) is 20.9. The summed E-state index contributed by atoms with van der Waals surface area (Å²) < 4.78 is 4.89. The molecule has 0 saturated carbocycles. The minimum atomic E-state index is -0.683. The van der Waals surface area contributed by atoms with Crippen molar-refractivity contribution < 1.29 is 24.2 Å². The summed E-state index contributed by atoms with van der Waals surface area (Å²) in [5.74, 6) is -2.15. The second kappa shape index (κ2) is 10.5. The van der Waals surface area contributed by atoms with E-state index in [1.165, 1.54) is 18.4 Å². The van der Waals surface area contributed by atoms with E-state index in [-0.39, 0.29) is 17.9 Å². The van der Waals surface area contributed by atoms with Crippen LogP contribution >= 0.6 is 0 Å². The quantitative estimate of drug-likeness (QED) is 0.612. The van der Waals surface area contributed by atoms with Gasteiger partial charge in [-0.25, -0.2) is 4.79 Å². The molecule has 2 saturated heterocycles. The van der Waals surface area contributed by atoms with Crippen molar-refractivity contribution in [3.05, 3.63) is 65.9 Å². The van der Waals surface area contributed by atoms with E-state index in [9.17, 15) is 19.5 Å². The van der Waals surface area contributed by atoms with Gasteiger partial charge in [0.1, 0.15) is 11.3 Å². The van der Waals surface area contributed by atoms with E-state index in [0.717, 1.165) is 31.6 Å². The number of nitrogens with zero attached hydrogens (tertiary/aromatic N) is 3. The average Bonchev–Trinajstić information content (AvgIpc) is 2.94. The maximum Gasteiger partial charge on any atom is 0.409 e. The Labute approximate surface area is 216 Å². The van der Waals surface area contributed by atoms with Gasteiger partial charge in [-0.3, -0.25) is 9.59 Å². The van der Waals surface area contributed by atoms with Crippen molar-refractivity contribution in [3.8, 4) is 0 Å². The fourth-order valence-corrected chi connectivity index (χ4v) is 5.59. The van der Waals surface area contributed by atoms with Gasteiger partial charge < -0.3 is 29.9 Å². The highest BCUT2D eigenvalue weighted by Crippen LogP contribution is 2.38. The summed E-state index contributed by atoms with van der Waals surface area (Å²) in [7, 11) is 1.31. The number of piperidine rings is 2. The first-order valence-corrected chi connectivity index (χ1v) is 12.8. The maximum absolute atomic E-state index is 13.8. The van der Waals surface area contributed by atoms with Gasteiger partial charge in [0.05, 0.1) is 19.1 Å². The molecule has 0 unspecified atom stereocenters. The smallest absolute Gasteiger partial charge is 0.409 e. The molecule has 2 N–H and O–H groups in total. The summed E-state index contributed by atoms with van der Waals surface area (Å²) in [6.07, 6.45) is 3.51. The number of amides is 3. The van der Waals surface area contributed by atoms with Crippen LogP contribution in [0.5, 0.6) is 0 Å². The lowest BCUT2D eigenvalue weighted by molar-refractivity contribution is -0.121. The molecule has 0 aliphatic carbocycles. The number of likely N-dealkylation sites (tertiary alicyclic amines) is 1. The van der Waals surface area contributed by atoms with Crippen LogP contribution in [0, 0.1) is 5.92 Å². The van der Waals surface area contributed by atoms with Gasteiger partial charge in [0.2, 0.25) is 0 Å². The summed E-state index contributed by atoms with van der Waals surface area (Å²) in [6.45, 7) is 2.54. The third-order valence-electron chi connectivity index (χ3n) is 7.49. The molecular formula is C28H32N4O5. The summed E-state index contributed by atoms with van der Waals surface area (Å²) in [6, 6.07) is 16.2. The Hall–Kier alpha value is -4.01. The highest BCUT2D eigenvalue weighted by molar-refractivity contribution is 6.28. The number of hydrogen-bond acceptors (Lipinski definition) is 6. The van der Waals surface area contributed by atoms with Crippen molar-refractivity contribution in [1.82, 2.24) is 4.90 Å². The zero-order valence-electron chi connectivity index (χ0n) is 20.9. The molecule has 9 nitrogen and oxygen atoms in total. The Morgan fingerprint density at radius 3 is 2.30 bits per heavy atom. The zero-order chi connectivity index (χ0) is 25.9. The number of ether oxygens (including phenoxy) is 1. The lowest BCUT2D eigenvalue weighted by Gasteiger charge is -2.46. The van der Waals surface area contributed by atoms with Crippen LogP contribution in [0.4, 0.5) is 21.9 Å². The molecule has 0 radical (unpaired) electrons. The monoisotopic (exact) mass is 504 g/mol. The van der Waals surface area contributed by atoms with Crippen molar-refractivity contribution in [1.29, 1.82) is 0 Å². The molecule has 3 heterocycles. The number of methoxy groups -OCH3 is 1. The van der Waals surface area contributed by atoms with E-state index < -0.39 is 29.9 Å². The van der Waals surface area contributed by atoms with Crippen molar-refractivity contribution in [3.63, 3.8) is 0 Å². The van der Waals surface area contributed by atoms with E-state index in [1.54, 1.807) is 29.2 Å². The number of carbonyl (C=O) groups excluding carboxylic acids is 3. The minimum Gasteiger partial charge on any atom is -0.511 e. The Bertz CT molecular complexity index is 1190. The fourth-order valence-electron chi connectivity index (χ4n) is 5.59. The largest absolute Gasteiger partial charge is 0.511 e. The number of benzene rings is 2. The van der Waals surface area contributed by atoms with E-state index in [0.29, 0.717) is 24.3 Å². The molecule has 194 valence electrons. The maximum atomic E-state index is 13.8. The SMILES string of the molecule is COC(=O)N1CC[C@@H]2[C@@H](C1)C(O)=C(C(=O)Nc1ccccc1)C(=O)N2c1ccc(N2CCCCC2)cc1. The molecule has 2 aromatic carbocycles. The molecule has 2 aromatic rings. The van der Waals surface area contributed by atoms with Crippen LogP contribution in [0.3, 0.4) is 0 Å². The van der Waals surface area contributed by atoms with Gasteiger partial charge in [0.15, 0.2) is 0 Å². The van der Waals surface area contributed by atoms with Crippen molar-refractivity contribution in [2.45, 2.75) is 31.7 Å². The van der Waals surface area contributed by atoms with E-state index in [1.807, 2.05) is 30.3 Å². The van der Waals surface area contributed by atoms with Crippen LogP contribution < -0.4 is 15.1 Å². The minimum absolute atomic E-state index is 0.140. The third-order valence-corrected chi connectivity index (χ3v) is 7.49. The summed E-state index contributed by atoms with van der Waals surface area (Å²) in [5.41, 5.74) is 1.96. The summed E-state index contributed by atoms with van der Waals surface area (Å²) >= 11 is 0. The van der Waals surface area contributed by atoms with Crippen molar-refractivity contribution >= 4 is 35.0 Å². The Morgan fingerprint density at radius 1 is 0.946 bits per heavy atom. The first-order chi connectivity index (χ1) is 18.0. The summed E-state index contributed by atoms with van der Waals surface area (Å²) in [4.78, 5) is 44.8. The molecule has 0 aromatic heterocycles. The van der Waals surface area contributed by atoms with Gasteiger partial charge in [-0.1, -0.05) is 18.2 Å². The molecule has 9 heteroatoms. The van der Waals surface area contributed by atoms with Gasteiger partial charge >= 0.3 is 6.09 Å². The van der Waals surface area contributed by atoms with E-state index >= 15 is 0 Å². The van der Waals surface area contributed by atoms with Crippen LogP contribution in [-0.2, 0) is 14.3 Å². The normalized spacial score (nSPS) is 22.0. The highest BCUT2D eigenvalue weighted by atomic mass is 16.5. The molecule has 0 spiro atoms. The van der Waals surface area contributed by atoms with Crippen LogP contribution in [0.15, 0.2) is 65.9 Å². The lowest BCUT2D eigenvalue weighted by Crippen LogP contribution is -2.59. The average molecular weight is 505 g/mol. The van der Waals surface area contributed by atoms with Gasteiger partial charge in [-0.15, -0.1) is 0 Å². The predicted molar refractivity (Wildman–Crippen MR) is 141 cm³/mol. The number of para-hydroxylation sites is 1. The Balaban J connectivity index is 1.48. The molecule has 3 aliphatic rings. The Morgan fingerprint density at radius 2 is 1.62 bits per heavy atom. The molecule has 0 bridgehead atoms. The highest BCUT2D eigenvalue weighted by Gasteiger charge is 2.48. The molecule has 3 amide bonds. The van der Waals surface area contributed by atoms with Gasteiger partial charge in [0.25, 0.3) is 11.8 Å². The van der Waals surface area contributed by atoms with E-state index in [2.05, 4.69) is 10.2 Å². The topological polar surface area (TPSA) is 102 Å². The van der Waals surface area contributed by atoms with Crippen LogP contribution in [0.2, 0.25) is 0 Å². The number of carbonyl (C=O) groups is 3. The van der Waals surface area contributed by atoms with Gasteiger partial charge in [-0.2, -0.15) is 0 Å². The van der Waals surface area contributed by atoms with E-state index in [4.69, 9.17) is 4.74 Å². The van der Waals surface area contributed by atoms with Gasteiger partial charge in [0, 0.05) is 43.2 Å². The summed E-state index contributed by atoms with van der Waals surface area (Å²) in [5, 5.41) is 13.9. The standard InChI is InChI=1S/C28H32N4O5/c1-37-28(36)31-17-14-23-22(18-31)25(33)24(26(34)29-19-8-4-2-5-9-19)27(35)32(23)21-12-10-20(11-13-21)30-15-6-3-7-16-30/h2,4-5,8-13,22-23,33H,3,6-7,14-18H2,1H3,(H,29,34)/t22-,23-/m1/s1. The first-order valence-electron chi connectivity index (χ1n) is 12.8. The number of anilines is 3.